The number of ether oxygens (including phenoxy) is 1. The van der Waals surface area contributed by atoms with Gasteiger partial charge in [-0.2, -0.15) is 16.7 Å². The molecule has 0 spiro atoms. The molecule has 0 radical (unpaired) electrons. The maximum Gasteiger partial charge on any atom is 0.351 e. The molecule has 0 saturated carbocycles. The van der Waals surface area contributed by atoms with Crippen LogP contribution in [0.4, 0.5) is 5.82 Å². The molecule has 1 aliphatic rings. The van der Waals surface area contributed by atoms with Crippen LogP contribution in [0.15, 0.2) is 11.0 Å². The molecule has 3 N–H and O–H groups in total. The van der Waals surface area contributed by atoms with E-state index in [1.807, 2.05) is 13.2 Å². The Bertz CT molecular complexity index is 537. The summed E-state index contributed by atoms with van der Waals surface area (Å²) in [5.74, 6) is 1.50. The van der Waals surface area contributed by atoms with Gasteiger partial charge in [0.1, 0.15) is 18.1 Å². The topological polar surface area (TPSA) is 96.6 Å². The van der Waals surface area contributed by atoms with Crippen molar-refractivity contribution >= 4 is 17.6 Å². The van der Waals surface area contributed by atoms with E-state index in [0.717, 1.165) is 17.9 Å². The first-order chi connectivity index (χ1) is 10.1. The van der Waals surface area contributed by atoms with Crippen molar-refractivity contribution in [1.29, 1.82) is 0 Å². The molecule has 0 aromatic carbocycles. The van der Waals surface area contributed by atoms with Crippen molar-refractivity contribution in [1.82, 2.24) is 9.55 Å². The summed E-state index contributed by atoms with van der Waals surface area (Å²) < 4.78 is 6.85. The van der Waals surface area contributed by atoms with E-state index in [0.29, 0.717) is 5.82 Å². The van der Waals surface area contributed by atoms with Gasteiger partial charge in [0, 0.05) is 30.5 Å². The quantitative estimate of drug-likeness (QED) is 0.634. The molecule has 3 atom stereocenters. The lowest BCUT2D eigenvalue weighted by Gasteiger charge is -2.16. The van der Waals surface area contributed by atoms with Gasteiger partial charge in [-0.05, 0) is 13.2 Å². The van der Waals surface area contributed by atoms with Crippen LogP contribution in [0.1, 0.15) is 18.2 Å². The molecule has 21 heavy (non-hydrogen) atoms. The number of aliphatic hydroxyl groups is 2. The van der Waals surface area contributed by atoms with E-state index in [-0.39, 0.29) is 13.0 Å². The number of hydrogen-bond donors (Lipinski definition) is 3. The van der Waals surface area contributed by atoms with Crippen molar-refractivity contribution in [3.8, 4) is 0 Å². The van der Waals surface area contributed by atoms with E-state index in [1.165, 1.54) is 4.57 Å². The standard InChI is InChI=1S/C13H21N3O4S/c1-8-6-16(11-5-9(18)10(7-17)20-11)13(19)15-12(8)14-3-4-21-2/h6,9-11,17-18H,3-5,7H2,1-2H3,(H,14,15,19)/t9-,10+,11+/m0/s1. The van der Waals surface area contributed by atoms with Crippen molar-refractivity contribution < 1.29 is 14.9 Å². The van der Waals surface area contributed by atoms with Gasteiger partial charge in [-0.1, -0.05) is 0 Å². The van der Waals surface area contributed by atoms with Crippen LogP contribution in [-0.2, 0) is 4.74 Å². The van der Waals surface area contributed by atoms with Gasteiger partial charge in [-0.15, -0.1) is 0 Å². The van der Waals surface area contributed by atoms with Gasteiger partial charge in [0.05, 0.1) is 12.7 Å². The highest BCUT2D eigenvalue weighted by Gasteiger charge is 2.35. The average Bonchev–Trinajstić information content (AvgIpc) is 2.83. The summed E-state index contributed by atoms with van der Waals surface area (Å²) in [4.78, 5) is 16.1. The Kier molecular flexibility index (Phi) is 5.63. The number of rotatable bonds is 6. The predicted octanol–water partition coefficient (Wildman–Crippen LogP) is -0.0327. The predicted molar refractivity (Wildman–Crippen MR) is 81.7 cm³/mol. The summed E-state index contributed by atoms with van der Waals surface area (Å²) in [6, 6.07) is 0. The van der Waals surface area contributed by atoms with Gasteiger partial charge in [0.2, 0.25) is 0 Å². The normalized spacial score (nSPS) is 25.2. The number of aliphatic hydroxyl groups excluding tert-OH is 2. The average molecular weight is 315 g/mol. The number of aromatic nitrogens is 2. The summed E-state index contributed by atoms with van der Waals surface area (Å²) in [5, 5.41) is 22.0. The van der Waals surface area contributed by atoms with E-state index in [4.69, 9.17) is 9.84 Å². The minimum atomic E-state index is -0.772. The van der Waals surface area contributed by atoms with Gasteiger partial charge in [-0.25, -0.2) is 4.79 Å². The number of hydrogen-bond acceptors (Lipinski definition) is 7. The Morgan fingerprint density at radius 3 is 3.00 bits per heavy atom. The zero-order valence-electron chi connectivity index (χ0n) is 12.2. The molecule has 7 nitrogen and oxygen atoms in total. The highest BCUT2D eigenvalue weighted by Crippen LogP contribution is 2.27. The van der Waals surface area contributed by atoms with Gasteiger partial charge in [0.25, 0.3) is 0 Å². The van der Waals surface area contributed by atoms with Crippen LogP contribution in [0.25, 0.3) is 0 Å². The molecule has 8 heteroatoms. The van der Waals surface area contributed by atoms with E-state index in [2.05, 4.69) is 10.3 Å². The third kappa shape index (κ3) is 3.76. The van der Waals surface area contributed by atoms with E-state index < -0.39 is 24.1 Å². The van der Waals surface area contributed by atoms with Crippen molar-refractivity contribution in [2.75, 3.05) is 30.5 Å². The second-order valence-electron chi connectivity index (χ2n) is 5.00. The number of nitrogens with zero attached hydrogens (tertiary/aromatic N) is 2. The van der Waals surface area contributed by atoms with Crippen LogP contribution < -0.4 is 11.0 Å². The van der Waals surface area contributed by atoms with Gasteiger partial charge < -0.3 is 20.3 Å². The zero-order chi connectivity index (χ0) is 15.4. The summed E-state index contributed by atoms with van der Waals surface area (Å²) in [5.41, 5.74) is 0.407. The van der Waals surface area contributed by atoms with Crippen LogP contribution in [0.3, 0.4) is 0 Å². The summed E-state index contributed by atoms with van der Waals surface area (Å²) in [7, 11) is 0. The fourth-order valence-electron chi connectivity index (χ4n) is 2.27. The Morgan fingerprint density at radius 1 is 1.62 bits per heavy atom. The molecule has 0 unspecified atom stereocenters. The van der Waals surface area contributed by atoms with Crippen molar-refractivity contribution in [3.63, 3.8) is 0 Å². The van der Waals surface area contributed by atoms with Crippen LogP contribution in [-0.4, -0.2) is 57.1 Å². The van der Waals surface area contributed by atoms with E-state index in [1.54, 1.807) is 18.0 Å². The Hall–Kier alpha value is -1.09. The molecule has 0 bridgehead atoms. The number of nitrogens with one attached hydrogen (secondary N) is 1. The van der Waals surface area contributed by atoms with Crippen LogP contribution >= 0.6 is 11.8 Å². The lowest BCUT2D eigenvalue weighted by molar-refractivity contribution is -0.0459. The van der Waals surface area contributed by atoms with Crippen LogP contribution in [0.2, 0.25) is 0 Å². The van der Waals surface area contributed by atoms with Crippen molar-refractivity contribution in [3.05, 3.63) is 22.2 Å². The highest BCUT2D eigenvalue weighted by molar-refractivity contribution is 7.98. The second kappa shape index (κ2) is 7.26. The molecule has 1 aliphatic heterocycles. The molecule has 1 fully saturated rings. The lowest BCUT2D eigenvalue weighted by Crippen LogP contribution is -2.29. The number of aryl methyl sites for hydroxylation is 1. The number of thioether (sulfide) groups is 1. The van der Waals surface area contributed by atoms with Gasteiger partial charge in [-0.3, -0.25) is 4.57 Å². The van der Waals surface area contributed by atoms with Crippen molar-refractivity contribution in [2.24, 2.45) is 0 Å². The smallest absolute Gasteiger partial charge is 0.351 e. The molecule has 2 rings (SSSR count). The molecule has 1 aromatic heterocycles. The maximum atomic E-state index is 12.1. The fraction of sp³-hybridized carbons (Fsp3) is 0.692. The largest absolute Gasteiger partial charge is 0.394 e. The van der Waals surface area contributed by atoms with Crippen LogP contribution in [0, 0.1) is 6.92 Å². The minimum absolute atomic E-state index is 0.269. The molecule has 0 aliphatic carbocycles. The molecule has 118 valence electrons. The molecular formula is C13H21N3O4S. The van der Waals surface area contributed by atoms with Gasteiger partial charge >= 0.3 is 5.69 Å². The Morgan fingerprint density at radius 2 is 2.38 bits per heavy atom. The Balaban J connectivity index is 2.15. The maximum absolute atomic E-state index is 12.1. The Labute approximate surface area is 127 Å². The first-order valence-corrected chi connectivity index (χ1v) is 8.23. The van der Waals surface area contributed by atoms with E-state index in [9.17, 15) is 9.90 Å². The van der Waals surface area contributed by atoms with E-state index >= 15 is 0 Å². The third-order valence-corrected chi connectivity index (χ3v) is 4.04. The molecule has 1 aromatic rings. The first kappa shape index (κ1) is 16.3. The minimum Gasteiger partial charge on any atom is -0.394 e. The summed E-state index contributed by atoms with van der Waals surface area (Å²) in [6.07, 6.45) is 1.95. The zero-order valence-corrected chi connectivity index (χ0v) is 13.0. The molecule has 2 heterocycles. The molecule has 1 saturated heterocycles. The fourth-order valence-corrected chi connectivity index (χ4v) is 2.58. The first-order valence-electron chi connectivity index (χ1n) is 6.83. The SMILES string of the molecule is CSCCNc1nc(=O)n([C@H]2C[C@H](O)[C@@H](CO)O2)cc1C. The lowest BCUT2D eigenvalue weighted by atomic mass is 10.2. The van der Waals surface area contributed by atoms with Crippen molar-refractivity contribution in [2.45, 2.75) is 31.8 Å². The highest BCUT2D eigenvalue weighted by atomic mass is 32.2. The monoisotopic (exact) mass is 315 g/mol. The molecular weight excluding hydrogens is 294 g/mol. The second-order valence-corrected chi connectivity index (χ2v) is 5.98. The molecule has 0 amide bonds. The number of anilines is 1. The summed E-state index contributed by atoms with van der Waals surface area (Å²) in [6.45, 7) is 2.33. The summed E-state index contributed by atoms with van der Waals surface area (Å²) >= 11 is 1.71. The van der Waals surface area contributed by atoms with Gasteiger partial charge in [0.15, 0.2) is 0 Å². The third-order valence-electron chi connectivity index (χ3n) is 3.43. The van der Waals surface area contributed by atoms with Crippen LogP contribution in [0.5, 0.6) is 0 Å².